The number of likely N-dealkylation sites (tertiary alicyclic amines) is 1. The van der Waals surface area contributed by atoms with Gasteiger partial charge in [0.2, 0.25) is 0 Å². The van der Waals surface area contributed by atoms with Crippen LogP contribution in [0.3, 0.4) is 0 Å². The molecule has 212 valence electrons. The SMILES string of the molecule is C=CCCn1cnc(=C)/c(=C\C=C/C)c1=O.CC(C)(C)OC=O.CC1CCCN1C.CCO.COC=O. The summed E-state index contributed by atoms with van der Waals surface area (Å²) < 4.78 is 9.98. The maximum absolute atomic E-state index is 12.0. The second kappa shape index (κ2) is 24.6. The Morgan fingerprint density at radius 3 is 2.14 bits per heavy atom. The van der Waals surface area contributed by atoms with E-state index in [1.807, 2.05) is 39.8 Å². The lowest BCUT2D eigenvalue weighted by molar-refractivity contribution is -0.138. The van der Waals surface area contributed by atoms with E-state index < -0.39 is 0 Å². The van der Waals surface area contributed by atoms with Crippen molar-refractivity contribution >= 4 is 25.6 Å². The molecule has 0 amide bonds. The van der Waals surface area contributed by atoms with Crippen molar-refractivity contribution in [2.45, 2.75) is 79.0 Å². The highest BCUT2D eigenvalue weighted by molar-refractivity contribution is 5.38. The molecule has 0 bridgehead atoms. The van der Waals surface area contributed by atoms with Crippen LogP contribution in [0.25, 0.3) is 12.7 Å². The molecule has 0 aromatic carbocycles. The highest BCUT2D eigenvalue weighted by Crippen LogP contribution is 2.12. The van der Waals surface area contributed by atoms with Gasteiger partial charge in [-0.2, -0.15) is 0 Å². The summed E-state index contributed by atoms with van der Waals surface area (Å²) in [6.45, 7) is 21.7. The van der Waals surface area contributed by atoms with Gasteiger partial charge in [0, 0.05) is 19.2 Å². The Hall–Kier alpha value is -3.04. The number of methoxy groups -OCH3 is 1. The van der Waals surface area contributed by atoms with E-state index in [2.05, 4.69) is 46.5 Å². The Bertz CT molecular complexity index is 911. The molecule has 1 aliphatic heterocycles. The maximum atomic E-state index is 12.0. The van der Waals surface area contributed by atoms with Crippen LogP contribution < -0.4 is 16.1 Å². The van der Waals surface area contributed by atoms with Crippen LogP contribution in [0.1, 0.15) is 60.8 Å². The number of aromatic nitrogens is 2. The van der Waals surface area contributed by atoms with Crippen LogP contribution in [0.4, 0.5) is 0 Å². The van der Waals surface area contributed by atoms with Gasteiger partial charge in [-0.3, -0.25) is 19.0 Å². The molecule has 9 nitrogen and oxygen atoms in total. The molecule has 1 aliphatic rings. The second-order valence-electron chi connectivity index (χ2n) is 8.82. The van der Waals surface area contributed by atoms with Crippen molar-refractivity contribution in [3.05, 3.63) is 52.1 Å². The molecule has 1 atom stereocenters. The van der Waals surface area contributed by atoms with Crippen LogP contribution in [-0.2, 0) is 25.6 Å². The lowest BCUT2D eigenvalue weighted by Crippen LogP contribution is -2.45. The van der Waals surface area contributed by atoms with E-state index in [-0.39, 0.29) is 17.8 Å². The first-order valence-electron chi connectivity index (χ1n) is 12.3. The summed E-state index contributed by atoms with van der Waals surface area (Å²) in [5.41, 5.74) is -0.373. The quantitative estimate of drug-likeness (QED) is 0.447. The minimum absolute atomic E-state index is 0.0556. The second-order valence-corrected chi connectivity index (χ2v) is 8.82. The van der Waals surface area contributed by atoms with Crippen LogP contribution in [0.5, 0.6) is 0 Å². The zero-order chi connectivity index (χ0) is 29.3. The number of rotatable bonds is 6. The molecule has 1 saturated heterocycles. The van der Waals surface area contributed by atoms with Gasteiger partial charge in [0.1, 0.15) is 5.60 Å². The molecule has 37 heavy (non-hydrogen) atoms. The van der Waals surface area contributed by atoms with E-state index in [4.69, 9.17) is 9.90 Å². The number of aryl methyl sites for hydroxylation is 1. The van der Waals surface area contributed by atoms with Gasteiger partial charge >= 0.3 is 0 Å². The van der Waals surface area contributed by atoms with Gasteiger partial charge in [-0.15, -0.1) is 6.58 Å². The Balaban J connectivity index is -0.000000457. The summed E-state index contributed by atoms with van der Waals surface area (Å²) in [5, 5.41) is 8.63. The largest absolute Gasteiger partial charge is 0.471 e. The monoisotopic (exact) mass is 523 g/mol. The zero-order valence-corrected chi connectivity index (χ0v) is 24.1. The highest BCUT2D eigenvalue weighted by atomic mass is 16.5. The normalized spacial score (nSPS) is 14.8. The molecular weight excluding hydrogens is 474 g/mol. The summed E-state index contributed by atoms with van der Waals surface area (Å²) in [7, 11) is 3.50. The molecule has 0 radical (unpaired) electrons. The molecule has 0 saturated carbocycles. The first-order chi connectivity index (χ1) is 17.4. The van der Waals surface area contributed by atoms with E-state index in [9.17, 15) is 9.59 Å². The Labute approximate surface area is 222 Å². The van der Waals surface area contributed by atoms with Crippen molar-refractivity contribution in [2.75, 3.05) is 27.3 Å². The summed E-state index contributed by atoms with van der Waals surface area (Å²) in [6.07, 6.45) is 12.3. The molecule has 1 aromatic heterocycles. The Morgan fingerprint density at radius 2 is 1.84 bits per heavy atom. The molecule has 1 N–H and O–H groups in total. The molecule has 1 unspecified atom stereocenters. The van der Waals surface area contributed by atoms with Gasteiger partial charge in [0.25, 0.3) is 18.5 Å². The summed E-state index contributed by atoms with van der Waals surface area (Å²) in [5.74, 6) is 0. The number of allylic oxidation sites excluding steroid dienone is 3. The number of carbonyl (C=O) groups excluding carboxylic acids is 2. The van der Waals surface area contributed by atoms with Gasteiger partial charge in [-0.25, -0.2) is 4.98 Å². The third-order valence-electron chi connectivity index (χ3n) is 4.57. The maximum Gasteiger partial charge on any atom is 0.293 e. The van der Waals surface area contributed by atoms with Crippen molar-refractivity contribution in [3.8, 4) is 0 Å². The predicted molar refractivity (Wildman–Crippen MR) is 151 cm³/mol. The standard InChI is InChI=1S/C13H16N2O.C6H13N.C5H10O2.C2H4O2.C2H6O/c1-4-6-8-12-11(3)14-10-15(13(12)16)9-7-5-2;1-6-4-3-5-7(6)2;1-5(2,3)7-4-6;1-4-2-3;1-2-3/h4-6,8,10H,2-3,7,9H2,1H3;6H,3-5H2,1-2H3;4H,1-3H3;2H,1H3;3H,2H2,1H3/b6-4-,12-8+;;;;. The number of hydrogen-bond acceptors (Lipinski definition) is 8. The van der Waals surface area contributed by atoms with Crippen molar-refractivity contribution < 1.29 is 24.2 Å². The van der Waals surface area contributed by atoms with Crippen LogP contribution in [0, 0.1) is 0 Å². The third kappa shape index (κ3) is 23.1. The van der Waals surface area contributed by atoms with Crippen molar-refractivity contribution in [1.82, 2.24) is 14.5 Å². The average molecular weight is 524 g/mol. The molecule has 1 aromatic rings. The van der Waals surface area contributed by atoms with Gasteiger partial charge in [0.05, 0.1) is 24.0 Å². The van der Waals surface area contributed by atoms with E-state index in [1.165, 1.54) is 32.8 Å². The van der Waals surface area contributed by atoms with Crippen molar-refractivity contribution in [3.63, 3.8) is 0 Å². The van der Waals surface area contributed by atoms with Crippen molar-refractivity contribution in [2.24, 2.45) is 0 Å². The number of hydrogen-bond donors (Lipinski definition) is 1. The fourth-order valence-electron chi connectivity index (χ4n) is 2.51. The lowest BCUT2D eigenvalue weighted by Gasteiger charge is -2.14. The fourth-order valence-corrected chi connectivity index (χ4v) is 2.51. The van der Waals surface area contributed by atoms with E-state index >= 15 is 0 Å². The summed E-state index contributed by atoms with van der Waals surface area (Å²) >= 11 is 0. The van der Waals surface area contributed by atoms with Gasteiger partial charge < -0.3 is 19.5 Å². The van der Waals surface area contributed by atoms with Crippen LogP contribution in [-0.4, -0.2) is 71.5 Å². The molecule has 9 heteroatoms. The van der Waals surface area contributed by atoms with E-state index in [1.54, 1.807) is 23.6 Å². The number of aliphatic hydroxyl groups is 1. The minimum atomic E-state index is -0.318. The Morgan fingerprint density at radius 1 is 1.27 bits per heavy atom. The first kappa shape index (κ1) is 38.5. The van der Waals surface area contributed by atoms with Gasteiger partial charge in [-0.1, -0.05) is 24.8 Å². The van der Waals surface area contributed by atoms with Gasteiger partial charge in [0.15, 0.2) is 0 Å². The molecule has 0 aliphatic carbocycles. The predicted octanol–water partition coefficient (Wildman–Crippen LogP) is 2.43. The minimum Gasteiger partial charge on any atom is -0.471 e. The zero-order valence-electron chi connectivity index (χ0n) is 24.1. The highest BCUT2D eigenvalue weighted by Gasteiger charge is 2.14. The third-order valence-corrected chi connectivity index (χ3v) is 4.57. The van der Waals surface area contributed by atoms with Crippen molar-refractivity contribution in [1.29, 1.82) is 0 Å². The molecule has 0 spiro atoms. The number of ether oxygens (including phenoxy) is 2. The Kier molecular flexibility index (Phi) is 25.6. The molecule has 2 heterocycles. The van der Waals surface area contributed by atoms with Crippen LogP contribution in [0.2, 0.25) is 0 Å². The first-order valence-corrected chi connectivity index (χ1v) is 12.3. The van der Waals surface area contributed by atoms with E-state index in [0.717, 1.165) is 12.5 Å². The molecular formula is C28H49N3O6. The topological polar surface area (TPSA) is 111 Å². The average Bonchev–Trinajstić information content (AvgIpc) is 3.21. The summed E-state index contributed by atoms with van der Waals surface area (Å²) in [4.78, 5) is 37.0. The lowest BCUT2D eigenvalue weighted by atomic mass is 10.2. The number of carbonyl (C=O) groups is 2. The van der Waals surface area contributed by atoms with Crippen LogP contribution >= 0.6 is 0 Å². The van der Waals surface area contributed by atoms with Gasteiger partial charge in [-0.05, 0) is 80.5 Å². The fraction of sp³-hybridized carbons (Fsp3) is 0.571. The van der Waals surface area contributed by atoms with Crippen LogP contribution in [0.15, 0.2) is 35.9 Å². The smallest absolute Gasteiger partial charge is 0.293 e. The molecule has 2 rings (SSSR count). The number of aliphatic hydroxyl groups excluding tert-OH is 1. The number of nitrogens with zero attached hydrogens (tertiary/aromatic N) is 3. The molecule has 1 fully saturated rings. The van der Waals surface area contributed by atoms with E-state index in [0.29, 0.717) is 30.1 Å². The summed E-state index contributed by atoms with van der Waals surface area (Å²) in [6, 6.07) is 0.847.